The van der Waals surface area contributed by atoms with E-state index in [0.29, 0.717) is 5.82 Å². The second-order valence-electron chi connectivity index (χ2n) is 3.60. The van der Waals surface area contributed by atoms with Crippen LogP contribution in [0.2, 0.25) is 5.15 Å². The van der Waals surface area contributed by atoms with Crippen LogP contribution in [-0.4, -0.2) is 33.0 Å². The van der Waals surface area contributed by atoms with E-state index in [0.717, 1.165) is 4.47 Å². The highest BCUT2D eigenvalue weighted by Gasteiger charge is 2.23. The molecule has 0 bridgehead atoms. The Bertz CT molecular complexity index is 612. The normalized spacial score (nSPS) is 10.7. The maximum absolute atomic E-state index is 11.2. The van der Waals surface area contributed by atoms with Crippen molar-refractivity contribution in [2.45, 2.75) is 6.61 Å². The van der Waals surface area contributed by atoms with E-state index in [-0.39, 0.29) is 23.0 Å². The molecule has 0 saturated heterocycles. The van der Waals surface area contributed by atoms with Crippen molar-refractivity contribution in [3.8, 4) is 5.82 Å². The first-order chi connectivity index (χ1) is 9.04. The van der Waals surface area contributed by atoms with Crippen LogP contribution in [-0.2, 0) is 11.3 Å². The molecule has 0 unspecified atom stereocenters. The number of rotatable bonds is 4. The molecule has 2 aromatic heterocycles. The smallest absolute Gasteiger partial charge is 0.340 e. The fraction of sp³-hybridized carbons (Fsp3) is 0.182. The van der Waals surface area contributed by atoms with Crippen LogP contribution in [0.25, 0.3) is 5.82 Å². The SMILES string of the molecule is COCc1nn(-c2ccc(Br)cn2)c(Cl)c1C(=O)O. The Hall–Kier alpha value is -1.44. The van der Waals surface area contributed by atoms with Crippen molar-refractivity contribution in [1.82, 2.24) is 14.8 Å². The predicted octanol–water partition coefficient (Wildman–Crippen LogP) is 2.53. The standard InChI is InChI=1S/C11H9BrClN3O3/c1-19-5-7-9(11(17)18)10(13)16(15-7)8-3-2-6(12)4-14-8/h2-4H,5H2,1H3,(H,17,18). The molecule has 0 aliphatic rings. The Balaban J connectivity index is 2.55. The number of methoxy groups -OCH3 is 1. The number of pyridine rings is 1. The van der Waals surface area contributed by atoms with Gasteiger partial charge in [0.15, 0.2) is 5.82 Å². The summed E-state index contributed by atoms with van der Waals surface area (Å²) in [6.45, 7) is 0.0604. The number of hydrogen-bond donors (Lipinski definition) is 1. The number of aromatic carboxylic acids is 1. The van der Waals surface area contributed by atoms with Gasteiger partial charge in [-0.15, -0.1) is 0 Å². The summed E-state index contributed by atoms with van der Waals surface area (Å²) in [6, 6.07) is 3.43. The van der Waals surface area contributed by atoms with Crippen LogP contribution in [0.4, 0.5) is 0 Å². The van der Waals surface area contributed by atoms with Gasteiger partial charge in [0.1, 0.15) is 16.4 Å². The third kappa shape index (κ3) is 2.78. The molecule has 0 amide bonds. The van der Waals surface area contributed by atoms with Gasteiger partial charge in [-0.3, -0.25) is 0 Å². The van der Waals surface area contributed by atoms with Crippen LogP contribution in [0.5, 0.6) is 0 Å². The summed E-state index contributed by atoms with van der Waals surface area (Å²) >= 11 is 9.31. The molecule has 100 valence electrons. The van der Waals surface area contributed by atoms with Gasteiger partial charge in [0, 0.05) is 17.8 Å². The summed E-state index contributed by atoms with van der Waals surface area (Å²) in [6.07, 6.45) is 1.57. The molecule has 2 rings (SSSR count). The number of nitrogens with zero attached hydrogens (tertiary/aromatic N) is 3. The van der Waals surface area contributed by atoms with Gasteiger partial charge in [-0.1, -0.05) is 11.6 Å². The van der Waals surface area contributed by atoms with Crippen LogP contribution in [0.1, 0.15) is 16.1 Å². The number of carbonyl (C=O) groups is 1. The largest absolute Gasteiger partial charge is 0.478 e. The lowest BCUT2D eigenvalue weighted by Gasteiger charge is -2.01. The first kappa shape index (κ1) is 14.0. The lowest BCUT2D eigenvalue weighted by atomic mass is 10.2. The van der Waals surface area contributed by atoms with Gasteiger partial charge in [-0.05, 0) is 28.1 Å². The Morgan fingerprint density at radius 1 is 1.58 bits per heavy atom. The summed E-state index contributed by atoms with van der Waals surface area (Å²) in [7, 11) is 1.45. The van der Waals surface area contributed by atoms with Crippen molar-refractivity contribution >= 4 is 33.5 Å². The fourth-order valence-corrected chi connectivity index (χ4v) is 2.08. The van der Waals surface area contributed by atoms with Crippen LogP contribution < -0.4 is 0 Å². The van der Waals surface area contributed by atoms with Gasteiger partial charge in [0.2, 0.25) is 0 Å². The molecular formula is C11H9BrClN3O3. The van der Waals surface area contributed by atoms with Crippen molar-refractivity contribution in [2.75, 3.05) is 7.11 Å². The second-order valence-corrected chi connectivity index (χ2v) is 4.87. The first-order valence-electron chi connectivity index (χ1n) is 5.16. The topological polar surface area (TPSA) is 77.2 Å². The lowest BCUT2D eigenvalue weighted by Crippen LogP contribution is -2.01. The number of carboxylic acid groups (broad SMARTS) is 1. The summed E-state index contributed by atoms with van der Waals surface area (Å²) in [5, 5.41) is 13.3. The molecule has 8 heteroatoms. The molecule has 19 heavy (non-hydrogen) atoms. The van der Waals surface area contributed by atoms with Crippen LogP contribution in [0, 0.1) is 0 Å². The van der Waals surface area contributed by atoms with E-state index in [2.05, 4.69) is 26.0 Å². The monoisotopic (exact) mass is 345 g/mol. The van der Waals surface area contributed by atoms with Crippen molar-refractivity contribution in [3.05, 3.63) is 39.2 Å². The fourth-order valence-electron chi connectivity index (χ4n) is 1.53. The number of ether oxygens (including phenoxy) is 1. The Morgan fingerprint density at radius 3 is 2.84 bits per heavy atom. The minimum Gasteiger partial charge on any atom is -0.478 e. The van der Waals surface area contributed by atoms with Crippen LogP contribution in [0.3, 0.4) is 0 Å². The molecule has 0 aliphatic heterocycles. The number of carboxylic acids is 1. The van der Waals surface area contributed by atoms with Crippen LogP contribution in [0.15, 0.2) is 22.8 Å². The maximum atomic E-state index is 11.2. The van der Waals surface area contributed by atoms with Gasteiger partial charge < -0.3 is 9.84 Å². The lowest BCUT2D eigenvalue weighted by molar-refractivity contribution is 0.0692. The van der Waals surface area contributed by atoms with E-state index in [1.807, 2.05) is 0 Å². The van der Waals surface area contributed by atoms with Crippen molar-refractivity contribution in [3.63, 3.8) is 0 Å². The molecule has 0 spiro atoms. The Kier molecular flexibility index (Phi) is 4.18. The summed E-state index contributed by atoms with van der Waals surface area (Å²) < 4.78 is 6.99. The summed E-state index contributed by atoms with van der Waals surface area (Å²) in [5.41, 5.74) is 0.179. The summed E-state index contributed by atoms with van der Waals surface area (Å²) in [4.78, 5) is 15.3. The maximum Gasteiger partial charge on any atom is 0.340 e. The third-order valence-corrected chi connectivity index (χ3v) is 3.14. The van der Waals surface area contributed by atoms with Crippen LogP contribution >= 0.6 is 27.5 Å². The molecule has 2 heterocycles. The number of aromatic nitrogens is 3. The van der Waals surface area contributed by atoms with Gasteiger partial charge in [0.05, 0.1) is 6.61 Å². The van der Waals surface area contributed by atoms with Gasteiger partial charge in [-0.25, -0.2) is 14.5 Å². The molecule has 1 N–H and O–H groups in total. The zero-order valence-electron chi connectivity index (χ0n) is 9.80. The van der Waals surface area contributed by atoms with Gasteiger partial charge in [0.25, 0.3) is 0 Å². The molecule has 0 aliphatic carbocycles. The summed E-state index contributed by atoms with van der Waals surface area (Å²) in [5.74, 6) is -0.724. The Morgan fingerprint density at radius 2 is 2.32 bits per heavy atom. The minimum absolute atomic E-state index is 0.00521. The average molecular weight is 347 g/mol. The zero-order chi connectivity index (χ0) is 14.0. The molecule has 2 aromatic rings. The zero-order valence-corrected chi connectivity index (χ0v) is 12.1. The van der Waals surface area contributed by atoms with E-state index < -0.39 is 5.97 Å². The Labute approximate surface area is 122 Å². The third-order valence-electron chi connectivity index (χ3n) is 2.33. The predicted molar refractivity (Wildman–Crippen MR) is 71.7 cm³/mol. The average Bonchev–Trinajstić information content (AvgIpc) is 2.68. The number of halogens is 2. The van der Waals surface area contributed by atoms with E-state index in [4.69, 9.17) is 21.4 Å². The van der Waals surface area contributed by atoms with Crippen molar-refractivity contribution in [1.29, 1.82) is 0 Å². The van der Waals surface area contributed by atoms with Gasteiger partial charge >= 0.3 is 5.97 Å². The highest BCUT2D eigenvalue weighted by Crippen LogP contribution is 2.24. The molecule has 0 saturated carbocycles. The molecule has 0 aromatic carbocycles. The molecule has 0 fully saturated rings. The minimum atomic E-state index is -1.15. The first-order valence-corrected chi connectivity index (χ1v) is 6.33. The molecule has 6 nitrogen and oxygen atoms in total. The highest BCUT2D eigenvalue weighted by atomic mass is 79.9. The molecular weight excluding hydrogens is 337 g/mol. The van der Waals surface area contributed by atoms with E-state index in [1.54, 1.807) is 18.3 Å². The molecule has 0 radical (unpaired) electrons. The second kappa shape index (κ2) is 5.68. The quantitative estimate of drug-likeness (QED) is 0.920. The van der Waals surface area contributed by atoms with Gasteiger partial charge in [-0.2, -0.15) is 5.10 Å². The molecule has 0 atom stereocenters. The highest BCUT2D eigenvalue weighted by molar-refractivity contribution is 9.10. The van der Waals surface area contributed by atoms with E-state index in [1.165, 1.54) is 11.8 Å². The van der Waals surface area contributed by atoms with Crippen molar-refractivity contribution < 1.29 is 14.6 Å². The van der Waals surface area contributed by atoms with Crippen molar-refractivity contribution in [2.24, 2.45) is 0 Å². The number of hydrogen-bond acceptors (Lipinski definition) is 4. The van der Waals surface area contributed by atoms with E-state index in [9.17, 15) is 4.79 Å². The van der Waals surface area contributed by atoms with E-state index >= 15 is 0 Å².